The average Bonchev–Trinajstić information content (AvgIpc) is 2.82. The molecule has 0 radical (unpaired) electrons. The highest BCUT2D eigenvalue weighted by molar-refractivity contribution is 6.01. The standard InChI is InChI=1S/C27H28N2O4/c1-19-10-12-21(13-11-19)18-29-24-17-22(14-15-25(24)33-20(2)27(29)31)28-26(30)9-6-16-32-23-7-4-3-5-8-23/h3-5,7-8,10-15,17,20H,6,9,16,18H2,1-2H3,(H,28,30). The Morgan fingerprint density at radius 2 is 1.82 bits per heavy atom. The molecular weight excluding hydrogens is 416 g/mol. The lowest BCUT2D eigenvalue weighted by Crippen LogP contribution is -2.44. The zero-order valence-corrected chi connectivity index (χ0v) is 18.9. The van der Waals surface area contributed by atoms with Crippen LogP contribution in [-0.2, 0) is 16.1 Å². The van der Waals surface area contributed by atoms with Gasteiger partial charge >= 0.3 is 0 Å². The lowest BCUT2D eigenvalue weighted by atomic mass is 10.1. The second-order valence-corrected chi connectivity index (χ2v) is 8.17. The van der Waals surface area contributed by atoms with Crippen LogP contribution in [0.3, 0.4) is 0 Å². The van der Waals surface area contributed by atoms with Gasteiger partial charge in [-0.15, -0.1) is 0 Å². The van der Waals surface area contributed by atoms with E-state index in [0.29, 0.717) is 43.1 Å². The summed E-state index contributed by atoms with van der Waals surface area (Å²) in [5.74, 6) is 1.21. The van der Waals surface area contributed by atoms with E-state index in [1.165, 1.54) is 5.56 Å². The second-order valence-electron chi connectivity index (χ2n) is 8.17. The minimum absolute atomic E-state index is 0.104. The molecule has 1 aliphatic heterocycles. The van der Waals surface area contributed by atoms with Crippen molar-refractivity contribution < 1.29 is 19.1 Å². The maximum Gasteiger partial charge on any atom is 0.268 e. The van der Waals surface area contributed by atoms with Gasteiger partial charge in [-0.1, -0.05) is 48.0 Å². The van der Waals surface area contributed by atoms with E-state index < -0.39 is 6.10 Å². The van der Waals surface area contributed by atoms with E-state index in [9.17, 15) is 9.59 Å². The maximum atomic E-state index is 12.9. The number of hydrogen-bond donors (Lipinski definition) is 1. The molecule has 0 spiro atoms. The van der Waals surface area contributed by atoms with Crippen molar-refractivity contribution >= 4 is 23.2 Å². The molecule has 1 N–H and O–H groups in total. The lowest BCUT2D eigenvalue weighted by molar-refractivity contribution is -0.125. The summed E-state index contributed by atoms with van der Waals surface area (Å²) in [6.45, 7) is 4.69. The fourth-order valence-corrected chi connectivity index (χ4v) is 3.69. The highest BCUT2D eigenvalue weighted by Gasteiger charge is 2.31. The van der Waals surface area contributed by atoms with Crippen LogP contribution in [0, 0.1) is 6.92 Å². The number of para-hydroxylation sites is 1. The van der Waals surface area contributed by atoms with E-state index in [1.54, 1.807) is 30.0 Å². The smallest absolute Gasteiger partial charge is 0.268 e. The first-order chi connectivity index (χ1) is 16.0. The summed E-state index contributed by atoms with van der Waals surface area (Å²) in [6.07, 6.45) is 0.376. The molecule has 33 heavy (non-hydrogen) atoms. The predicted molar refractivity (Wildman–Crippen MR) is 129 cm³/mol. The van der Waals surface area contributed by atoms with Crippen LogP contribution in [0.5, 0.6) is 11.5 Å². The summed E-state index contributed by atoms with van der Waals surface area (Å²) in [5, 5.41) is 2.92. The summed E-state index contributed by atoms with van der Waals surface area (Å²) in [4.78, 5) is 27.0. The average molecular weight is 445 g/mol. The Kier molecular flexibility index (Phi) is 6.93. The SMILES string of the molecule is Cc1ccc(CN2C(=O)C(C)Oc3ccc(NC(=O)CCCOc4ccccc4)cc32)cc1. The summed E-state index contributed by atoms with van der Waals surface area (Å²) in [7, 11) is 0. The Morgan fingerprint density at radius 1 is 1.06 bits per heavy atom. The van der Waals surface area contributed by atoms with Crippen LogP contribution in [0.2, 0.25) is 0 Å². The van der Waals surface area contributed by atoms with Gasteiger partial charge in [0.15, 0.2) is 6.10 Å². The van der Waals surface area contributed by atoms with Gasteiger partial charge in [-0.3, -0.25) is 9.59 Å². The van der Waals surface area contributed by atoms with E-state index in [1.807, 2.05) is 61.5 Å². The Bertz CT molecular complexity index is 1110. The predicted octanol–water partition coefficient (Wildman–Crippen LogP) is 5.11. The molecule has 2 amide bonds. The molecule has 3 aromatic carbocycles. The third-order valence-electron chi connectivity index (χ3n) is 5.47. The van der Waals surface area contributed by atoms with Crippen molar-refractivity contribution in [2.45, 2.75) is 39.3 Å². The molecule has 1 atom stereocenters. The summed E-state index contributed by atoms with van der Waals surface area (Å²) in [5.41, 5.74) is 3.48. The number of benzene rings is 3. The summed E-state index contributed by atoms with van der Waals surface area (Å²) >= 11 is 0. The molecule has 1 aliphatic rings. The topological polar surface area (TPSA) is 67.9 Å². The van der Waals surface area contributed by atoms with E-state index in [0.717, 1.165) is 11.3 Å². The van der Waals surface area contributed by atoms with Gasteiger partial charge in [-0.2, -0.15) is 0 Å². The van der Waals surface area contributed by atoms with E-state index in [-0.39, 0.29) is 11.8 Å². The van der Waals surface area contributed by atoms with Gasteiger partial charge in [-0.25, -0.2) is 0 Å². The highest BCUT2D eigenvalue weighted by Crippen LogP contribution is 2.37. The minimum Gasteiger partial charge on any atom is -0.494 e. The van der Waals surface area contributed by atoms with Crippen LogP contribution < -0.4 is 19.7 Å². The molecule has 0 saturated heterocycles. The van der Waals surface area contributed by atoms with Gasteiger partial charge < -0.3 is 19.7 Å². The number of fused-ring (bicyclic) bond motifs is 1. The molecule has 0 aromatic heterocycles. The first-order valence-electron chi connectivity index (χ1n) is 11.1. The Balaban J connectivity index is 1.40. The van der Waals surface area contributed by atoms with Gasteiger partial charge in [-0.05, 0) is 56.2 Å². The van der Waals surface area contributed by atoms with Gasteiger partial charge in [0.05, 0.1) is 18.8 Å². The first kappa shape index (κ1) is 22.4. The number of aryl methyl sites for hydroxylation is 1. The molecule has 6 nitrogen and oxygen atoms in total. The number of hydrogen-bond acceptors (Lipinski definition) is 4. The molecule has 170 valence electrons. The third-order valence-corrected chi connectivity index (χ3v) is 5.47. The number of ether oxygens (including phenoxy) is 2. The normalized spacial score (nSPS) is 14.9. The summed E-state index contributed by atoms with van der Waals surface area (Å²) in [6, 6.07) is 23.0. The number of nitrogens with one attached hydrogen (secondary N) is 1. The van der Waals surface area contributed by atoms with Gasteiger partial charge in [0.25, 0.3) is 5.91 Å². The van der Waals surface area contributed by atoms with Crippen molar-refractivity contribution in [3.63, 3.8) is 0 Å². The Labute approximate surface area is 194 Å². The van der Waals surface area contributed by atoms with E-state index in [2.05, 4.69) is 5.32 Å². The van der Waals surface area contributed by atoms with Gasteiger partial charge in [0, 0.05) is 12.1 Å². The molecule has 1 heterocycles. The van der Waals surface area contributed by atoms with Crippen LogP contribution >= 0.6 is 0 Å². The van der Waals surface area contributed by atoms with Crippen LogP contribution in [0.4, 0.5) is 11.4 Å². The number of carbonyl (C=O) groups excluding carboxylic acids is 2. The van der Waals surface area contributed by atoms with E-state index in [4.69, 9.17) is 9.47 Å². The molecule has 0 saturated carbocycles. The zero-order chi connectivity index (χ0) is 23.2. The van der Waals surface area contributed by atoms with Crippen LogP contribution in [-0.4, -0.2) is 24.5 Å². The third kappa shape index (κ3) is 5.71. The zero-order valence-electron chi connectivity index (χ0n) is 18.9. The molecule has 4 rings (SSSR count). The van der Waals surface area contributed by atoms with Crippen molar-refractivity contribution in [1.29, 1.82) is 0 Å². The van der Waals surface area contributed by atoms with Gasteiger partial charge in [0.1, 0.15) is 11.5 Å². The number of carbonyl (C=O) groups is 2. The Hall–Kier alpha value is -3.80. The quantitative estimate of drug-likeness (QED) is 0.491. The fraction of sp³-hybridized carbons (Fsp3) is 0.259. The van der Waals surface area contributed by atoms with Crippen molar-refractivity contribution in [1.82, 2.24) is 0 Å². The van der Waals surface area contributed by atoms with Crippen LogP contribution in [0.1, 0.15) is 30.9 Å². The molecule has 0 fully saturated rings. The number of anilines is 2. The molecular formula is C27H28N2O4. The molecule has 6 heteroatoms. The van der Waals surface area contributed by atoms with Crippen molar-refractivity contribution in [2.75, 3.05) is 16.8 Å². The monoisotopic (exact) mass is 444 g/mol. The van der Waals surface area contributed by atoms with Crippen LogP contribution in [0.25, 0.3) is 0 Å². The fourth-order valence-electron chi connectivity index (χ4n) is 3.69. The van der Waals surface area contributed by atoms with Crippen molar-refractivity contribution in [3.05, 3.63) is 83.9 Å². The van der Waals surface area contributed by atoms with Crippen molar-refractivity contribution in [3.8, 4) is 11.5 Å². The van der Waals surface area contributed by atoms with E-state index >= 15 is 0 Å². The van der Waals surface area contributed by atoms with Gasteiger partial charge in [0.2, 0.25) is 5.91 Å². The van der Waals surface area contributed by atoms with Crippen LogP contribution in [0.15, 0.2) is 72.8 Å². The molecule has 1 unspecified atom stereocenters. The number of amides is 2. The maximum absolute atomic E-state index is 12.9. The highest BCUT2D eigenvalue weighted by atomic mass is 16.5. The Morgan fingerprint density at radius 3 is 2.58 bits per heavy atom. The lowest BCUT2D eigenvalue weighted by Gasteiger charge is -2.33. The molecule has 0 aliphatic carbocycles. The largest absolute Gasteiger partial charge is 0.494 e. The molecule has 3 aromatic rings. The second kappa shape index (κ2) is 10.2. The molecule has 0 bridgehead atoms. The number of rotatable bonds is 8. The first-order valence-corrected chi connectivity index (χ1v) is 11.1. The number of nitrogens with zero attached hydrogens (tertiary/aromatic N) is 1. The minimum atomic E-state index is -0.562. The summed E-state index contributed by atoms with van der Waals surface area (Å²) < 4.78 is 11.4. The van der Waals surface area contributed by atoms with Crippen molar-refractivity contribution in [2.24, 2.45) is 0 Å².